The number of fused-ring (bicyclic) bond motifs is 1. The van der Waals surface area contributed by atoms with E-state index in [1.54, 1.807) is 7.11 Å². The average Bonchev–Trinajstić information content (AvgIpc) is 3.34. The smallest absolute Gasteiger partial charge is 0.226 e. The van der Waals surface area contributed by atoms with Crippen LogP contribution in [0.5, 0.6) is 0 Å². The van der Waals surface area contributed by atoms with Crippen LogP contribution in [0.2, 0.25) is 0 Å². The van der Waals surface area contributed by atoms with Crippen LogP contribution >= 0.6 is 0 Å². The number of benzene rings is 1. The Morgan fingerprint density at radius 2 is 1.97 bits per heavy atom. The van der Waals surface area contributed by atoms with Crippen molar-refractivity contribution in [2.24, 2.45) is 0 Å². The van der Waals surface area contributed by atoms with Gasteiger partial charge in [-0.2, -0.15) is 0 Å². The number of nitrogens with zero attached hydrogens (tertiary/aromatic N) is 4. The highest BCUT2D eigenvalue weighted by atomic mass is 16.5. The first-order valence-corrected chi connectivity index (χ1v) is 13.1. The van der Waals surface area contributed by atoms with Crippen molar-refractivity contribution < 1.29 is 4.74 Å². The fourth-order valence-corrected chi connectivity index (χ4v) is 4.99. The number of piperazine rings is 1. The molecule has 3 heterocycles. The number of allylic oxidation sites excluding steroid dienone is 3. The lowest BCUT2D eigenvalue weighted by Gasteiger charge is -2.32. The van der Waals surface area contributed by atoms with Crippen LogP contribution in [-0.4, -0.2) is 54.8 Å². The molecule has 0 atom stereocenters. The summed E-state index contributed by atoms with van der Waals surface area (Å²) < 4.78 is 5.24. The quantitative estimate of drug-likeness (QED) is 0.352. The van der Waals surface area contributed by atoms with Gasteiger partial charge in [0.25, 0.3) is 0 Å². The van der Waals surface area contributed by atoms with Gasteiger partial charge in [0.05, 0.1) is 22.8 Å². The first-order chi connectivity index (χ1) is 18.0. The molecule has 0 saturated carbocycles. The Hall–Kier alpha value is -3.42. The van der Waals surface area contributed by atoms with E-state index >= 15 is 0 Å². The number of rotatable bonds is 11. The molecule has 0 spiro atoms. The highest BCUT2D eigenvalue weighted by Crippen LogP contribution is 2.29. The van der Waals surface area contributed by atoms with Crippen LogP contribution in [0.4, 0.5) is 5.95 Å². The molecule has 7 nitrogen and oxygen atoms in total. The van der Waals surface area contributed by atoms with Crippen molar-refractivity contribution >= 4 is 11.6 Å². The Morgan fingerprint density at radius 1 is 1.22 bits per heavy atom. The number of aromatic nitrogens is 2. The van der Waals surface area contributed by atoms with E-state index < -0.39 is 0 Å². The van der Waals surface area contributed by atoms with E-state index in [9.17, 15) is 0 Å². The Kier molecular flexibility index (Phi) is 9.14. The molecule has 0 amide bonds. The fourth-order valence-electron chi connectivity index (χ4n) is 4.99. The van der Waals surface area contributed by atoms with Crippen LogP contribution in [0.25, 0.3) is 5.70 Å². The number of hydrogen-bond acceptors (Lipinski definition) is 7. The summed E-state index contributed by atoms with van der Waals surface area (Å²) >= 11 is 0. The minimum absolute atomic E-state index is 0.718. The van der Waals surface area contributed by atoms with E-state index in [4.69, 9.17) is 9.72 Å². The van der Waals surface area contributed by atoms with Crippen molar-refractivity contribution in [1.29, 1.82) is 0 Å². The Morgan fingerprint density at radius 3 is 2.68 bits per heavy atom. The third-order valence-corrected chi connectivity index (χ3v) is 6.96. The molecule has 2 N–H and O–H groups in total. The first kappa shape index (κ1) is 26.6. The summed E-state index contributed by atoms with van der Waals surface area (Å²) in [5, 5.41) is 6.89. The molecule has 1 aromatic heterocycles. The molecule has 2 aliphatic rings. The molecule has 2 aromatic rings. The highest BCUT2D eigenvalue weighted by molar-refractivity contribution is 5.62. The Bertz CT molecular complexity index is 1180. The monoisotopic (exact) mass is 500 g/mol. The zero-order valence-electron chi connectivity index (χ0n) is 22.5. The molecule has 37 heavy (non-hydrogen) atoms. The molecule has 0 radical (unpaired) electrons. The molecule has 0 bridgehead atoms. The van der Waals surface area contributed by atoms with Crippen molar-refractivity contribution in [2.75, 3.05) is 44.8 Å². The highest BCUT2D eigenvalue weighted by Gasteiger charge is 2.23. The molecule has 0 aliphatic carbocycles. The van der Waals surface area contributed by atoms with Gasteiger partial charge in [-0.3, -0.25) is 0 Å². The van der Waals surface area contributed by atoms with Gasteiger partial charge in [0, 0.05) is 59.2 Å². The minimum atomic E-state index is 0.718. The lowest BCUT2D eigenvalue weighted by atomic mass is 9.98. The van der Waals surface area contributed by atoms with Gasteiger partial charge in [-0.15, -0.1) is 0 Å². The standard InChI is InChI=1S/C30H40N6O/c1-6-9-29(35-15-13-31-14-16-35)27(7-2)33-23(4)28-11-12-32-30(34-28)36-20-25-18-22(3)24(10-8-17-37-5)19-26(25)21-36/h6-7,9,11-12,18-19,31,33H,2,4,8,10,13-17,20-21H2,1,3,5H3/b9-6-,29-27-. The molecule has 2 aliphatic heterocycles. The zero-order chi connectivity index (χ0) is 26.2. The van der Waals surface area contributed by atoms with Gasteiger partial charge in [0.1, 0.15) is 0 Å². The van der Waals surface area contributed by atoms with Crippen molar-refractivity contribution in [2.45, 2.75) is 39.8 Å². The lowest BCUT2D eigenvalue weighted by Crippen LogP contribution is -2.43. The number of anilines is 1. The third-order valence-electron chi connectivity index (χ3n) is 6.96. The van der Waals surface area contributed by atoms with Gasteiger partial charge in [0.2, 0.25) is 5.95 Å². The maximum Gasteiger partial charge on any atom is 0.226 e. The molecule has 1 aromatic carbocycles. The molecule has 0 unspecified atom stereocenters. The van der Waals surface area contributed by atoms with E-state index in [2.05, 4.69) is 69.8 Å². The molecule has 1 saturated heterocycles. The van der Waals surface area contributed by atoms with Crippen LogP contribution in [0, 0.1) is 6.92 Å². The normalized spacial score (nSPS) is 16.1. The van der Waals surface area contributed by atoms with Crippen LogP contribution in [0.3, 0.4) is 0 Å². The van der Waals surface area contributed by atoms with E-state index in [0.29, 0.717) is 0 Å². The molecule has 4 rings (SSSR count). The summed E-state index contributed by atoms with van der Waals surface area (Å²) in [6.45, 7) is 18.8. The van der Waals surface area contributed by atoms with Crippen LogP contribution < -0.4 is 15.5 Å². The van der Waals surface area contributed by atoms with E-state index in [-0.39, 0.29) is 0 Å². The summed E-state index contributed by atoms with van der Waals surface area (Å²) in [6.07, 6.45) is 9.92. The number of methoxy groups -OCH3 is 1. The SMILES string of the molecule is C=C/C(NC(=C)c1ccnc(N2Cc3cc(C)c(CCCOC)cc3C2)n1)=C(\C=C/C)N1CCNCC1. The molecular weight excluding hydrogens is 460 g/mol. The molecule has 196 valence electrons. The maximum absolute atomic E-state index is 5.24. The van der Waals surface area contributed by atoms with Gasteiger partial charge in [-0.05, 0) is 67.2 Å². The second kappa shape index (κ2) is 12.7. The average molecular weight is 501 g/mol. The first-order valence-electron chi connectivity index (χ1n) is 13.1. The molecule has 1 fully saturated rings. The van der Waals surface area contributed by atoms with E-state index in [1.807, 2.05) is 25.3 Å². The van der Waals surface area contributed by atoms with Gasteiger partial charge < -0.3 is 25.2 Å². The largest absolute Gasteiger partial charge is 0.385 e. The Labute approximate surface area is 221 Å². The van der Waals surface area contributed by atoms with Gasteiger partial charge >= 0.3 is 0 Å². The van der Waals surface area contributed by atoms with Crippen LogP contribution in [-0.2, 0) is 24.2 Å². The van der Waals surface area contributed by atoms with Crippen LogP contribution in [0.15, 0.2) is 67.2 Å². The Balaban J connectivity index is 1.50. The zero-order valence-corrected chi connectivity index (χ0v) is 22.5. The van der Waals surface area contributed by atoms with Crippen LogP contribution in [0.1, 0.15) is 41.3 Å². The summed E-state index contributed by atoms with van der Waals surface area (Å²) in [5.74, 6) is 0.718. The van der Waals surface area contributed by atoms with Gasteiger partial charge in [0.15, 0.2) is 0 Å². The second-order valence-corrected chi connectivity index (χ2v) is 9.59. The minimum Gasteiger partial charge on any atom is -0.385 e. The lowest BCUT2D eigenvalue weighted by molar-refractivity contribution is 0.195. The predicted molar refractivity (Wildman–Crippen MR) is 152 cm³/mol. The van der Waals surface area contributed by atoms with E-state index in [0.717, 1.165) is 87.5 Å². The maximum atomic E-state index is 5.24. The summed E-state index contributed by atoms with van der Waals surface area (Å²) in [7, 11) is 1.76. The fraction of sp³-hybridized carbons (Fsp3) is 0.400. The topological polar surface area (TPSA) is 65.5 Å². The van der Waals surface area contributed by atoms with Gasteiger partial charge in [-0.1, -0.05) is 31.4 Å². The number of aryl methyl sites for hydroxylation is 2. The molecular formula is C30H40N6O. The summed E-state index contributed by atoms with van der Waals surface area (Å²) in [5.41, 5.74) is 8.98. The number of ether oxygens (including phenoxy) is 1. The van der Waals surface area contributed by atoms with Crippen molar-refractivity contribution in [3.8, 4) is 0 Å². The summed E-state index contributed by atoms with van der Waals surface area (Å²) in [4.78, 5) is 14.1. The predicted octanol–water partition coefficient (Wildman–Crippen LogP) is 4.32. The number of nitrogens with one attached hydrogen (secondary N) is 2. The molecule has 7 heteroatoms. The third kappa shape index (κ3) is 6.48. The number of hydrogen-bond donors (Lipinski definition) is 2. The summed E-state index contributed by atoms with van der Waals surface area (Å²) in [6, 6.07) is 6.58. The van der Waals surface area contributed by atoms with Crippen molar-refractivity contribution in [1.82, 2.24) is 25.5 Å². The van der Waals surface area contributed by atoms with Crippen molar-refractivity contribution in [3.05, 3.63) is 95.1 Å². The van der Waals surface area contributed by atoms with Crippen molar-refractivity contribution in [3.63, 3.8) is 0 Å². The van der Waals surface area contributed by atoms with Gasteiger partial charge in [-0.25, -0.2) is 9.97 Å². The second-order valence-electron chi connectivity index (χ2n) is 9.59. The van der Waals surface area contributed by atoms with E-state index in [1.165, 1.54) is 22.3 Å².